The Hall–Kier alpha value is -3.83. The molecule has 6 heterocycles. The smallest absolute Gasteiger partial charge is 0.289 e. The number of nitrogens with one attached hydrogen (secondary N) is 1. The number of anilines is 1. The molecule has 4 aromatic rings. The van der Waals surface area contributed by atoms with E-state index in [1.54, 1.807) is 9.58 Å². The molecule has 3 fully saturated rings. The summed E-state index contributed by atoms with van der Waals surface area (Å²) < 4.78 is 22.4. The van der Waals surface area contributed by atoms with Gasteiger partial charge in [0.1, 0.15) is 11.7 Å². The van der Waals surface area contributed by atoms with Crippen LogP contribution in [0.15, 0.2) is 42.6 Å². The van der Waals surface area contributed by atoms with E-state index in [2.05, 4.69) is 33.8 Å². The lowest BCUT2D eigenvalue weighted by Gasteiger charge is -2.44. The number of hydrogen-bond acceptors (Lipinski definition) is 7. The number of halogens is 1. The number of imidazole rings is 1. The number of aromatic nitrogens is 5. The summed E-state index contributed by atoms with van der Waals surface area (Å²) in [4.78, 5) is 32.1. The second-order valence-electron chi connectivity index (χ2n) is 10.9. The fourth-order valence-electron chi connectivity index (χ4n) is 5.95. The first-order valence-electron chi connectivity index (χ1n) is 14.1. The molecule has 0 saturated carbocycles. The number of hydrogen-bond donors (Lipinski definition) is 1. The van der Waals surface area contributed by atoms with Crippen molar-refractivity contribution in [2.24, 2.45) is 0 Å². The summed E-state index contributed by atoms with van der Waals surface area (Å²) in [6.07, 6.45) is 2.59. The Balaban J connectivity index is 1.21. The van der Waals surface area contributed by atoms with Crippen molar-refractivity contribution in [3.05, 3.63) is 54.0 Å². The number of carbonyl (C=O) groups excluding carboxylic acids is 1. The van der Waals surface area contributed by atoms with Crippen molar-refractivity contribution in [2.45, 2.75) is 32.0 Å². The van der Waals surface area contributed by atoms with Gasteiger partial charge in [0.25, 0.3) is 5.91 Å². The quantitative estimate of drug-likeness (QED) is 0.412. The van der Waals surface area contributed by atoms with Crippen molar-refractivity contribution >= 4 is 22.8 Å². The number of piperidine rings is 1. The van der Waals surface area contributed by atoms with Gasteiger partial charge in [-0.25, -0.2) is 19.0 Å². The van der Waals surface area contributed by atoms with Gasteiger partial charge in [-0.1, -0.05) is 23.8 Å². The number of amides is 1. The number of nitrogens with zero attached hydrogens (tertiary/aromatic N) is 7. The van der Waals surface area contributed by atoms with Crippen LogP contribution in [0.4, 0.5) is 10.1 Å². The van der Waals surface area contributed by atoms with E-state index in [-0.39, 0.29) is 24.3 Å². The SMILES string of the molecule is Cc1cccc(-c2ccn(-c3cc(N4CCOCC4)c4nc(C(=O)N5CCC(N6CCC6)C(F)C5)[nH]c4n3)n2)c1. The number of aryl methyl sites for hydroxylation is 1. The fourth-order valence-corrected chi connectivity index (χ4v) is 5.95. The molecule has 3 aromatic heterocycles. The minimum absolute atomic E-state index is 0.0844. The number of aromatic amines is 1. The molecule has 0 bridgehead atoms. The Morgan fingerprint density at radius 2 is 1.93 bits per heavy atom. The molecule has 11 heteroatoms. The first-order valence-corrected chi connectivity index (χ1v) is 14.1. The van der Waals surface area contributed by atoms with Gasteiger partial charge in [-0.15, -0.1) is 0 Å². The van der Waals surface area contributed by atoms with Gasteiger partial charge in [0, 0.05) is 43.5 Å². The minimum Gasteiger partial charge on any atom is -0.378 e. The third kappa shape index (κ3) is 4.62. The first kappa shape index (κ1) is 25.2. The minimum atomic E-state index is -1.06. The summed E-state index contributed by atoms with van der Waals surface area (Å²) in [5, 5.41) is 4.80. The van der Waals surface area contributed by atoms with Crippen molar-refractivity contribution in [3.8, 4) is 17.1 Å². The normalized spacial score (nSPS) is 22.1. The van der Waals surface area contributed by atoms with Crippen LogP contribution in [0.5, 0.6) is 0 Å². The van der Waals surface area contributed by atoms with Gasteiger partial charge in [-0.3, -0.25) is 9.69 Å². The predicted octanol–water partition coefficient (Wildman–Crippen LogP) is 3.21. The van der Waals surface area contributed by atoms with Crippen LogP contribution in [0.2, 0.25) is 0 Å². The highest BCUT2D eigenvalue weighted by molar-refractivity contribution is 5.97. The zero-order valence-electron chi connectivity index (χ0n) is 22.6. The molecule has 3 aliphatic heterocycles. The summed E-state index contributed by atoms with van der Waals surface area (Å²) in [7, 11) is 0. The van der Waals surface area contributed by atoms with Crippen LogP contribution in [0.25, 0.3) is 28.2 Å². The lowest BCUT2D eigenvalue weighted by Crippen LogP contribution is -2.57. The number of ether oxygens (including phenoxy) is 1. The van der Waals surface area contributed by atoms with Crippen LogP contribution in [-0.2, 0) is 4.74 Å². The van der Waals surface area contributed by atoms with Crippen molar-refractivity contribution in [1.82, 2.24) is 34.5 Å². The topological polar surface area (TPSA) is 95.4 Å². The Kier molecular flexibility index (Phi) is 6.47. The molecule has 0 aliphatic carbocycles. The molecule has 2 unspecified atom stereocenters. The largest absolute Gasteiger partial charge is 0.378 e. The van der Waals surface area contributed by atoms with Crippen molar-refractivity contribution in [1.29, 1.82) is 0 Å². The highest BCUT2D eigenvalue weighted by Gasteiger charge is 2.38. The molecule has 0 radical (unpaired) electrons. The predicted molar refractivity (Wildman–Crippen MR) is 150 cm³/mol. The highest BCUT2D eigenvalue weighted by Crippen LogP contribution is 2.30. The van der Waals surface area contributed by atoms with Gasteiger partial charge in [0.15, 0.2) is 17.3 Å². The van der Waals surface area contributed by atoms with E-state index in [1.807, 2.05) is 30.5 Å². The van der Waals surface area contributed by atoms with E-state index in [4.69, 9.17) is 19.8 Å². The van der Waals surface area contributed by atoms with E-state index >= 15 is 4.39 Å². The zero-order chi connectivity index (χ0) is 27.2. The van der Waals surface area contributed by atoms with Crippen LogP contribution in [0, 0.1) is 6.92 Å². The summed E-state index contributed by atoms with van der Waals surface area (Å²) in [5.74, 6) is 0.511. The van der Waals surface area contributed by atoms with E-state index < -0.39 is 6.17 Å². The first-order chi connectivity index (χ1) is 19.5. The van der Waals surface area contributed by atoms with Gasteiger partial charge in [0.2, 0.25) is 0 Å². The lowest BCUT2D eigenvalue weighted by molar-refractivity contribution is 0.00546. The molecule has 10 nitrogen and oxygen atoms in total. The molecule has 0 spiro atoms. The molecule has 3 saturated heterocycles. The molecule has 208 valence electrons. The molecule has 7 rings (SSSR count). The van der Waals surface area contributed by atoms with Crippen molar-refractivity contribution in [3.63, 3.8) is 0 Å². The Bertz CT molecular complexity index is 1540. The third-order valence-electron chi connectivity index (χ3n) is 8.27. The summed E-state index contributed by atoms with van der Waals surface area (Å²) >= 11 is 0. The maximum Gasteiger partial charge on any atom is 0.289 e. The summed E-state index contributed by atoms with van der Waals surface area (Å²) in [5.41, 5.74) is 5.04. The van der Waals surface area contributed by atoms with Gasteiger partial charge in [0.05, 0.1) is 31.1 Å². The van der Waals surface area contributed by atoms with Crippen LogP contribution < -0.4 is 4.90 Å². The van der Waals surface area contributed by atoms with Crippen molar-refractivity contribution < 1.29 is 13.9 Å². The van der Waals surface area contributed by atoms with Crippen LogP contribution in [-0.4, -0.2) is 105 Å². The van der Waals surface area contributed by atoms with Gasteiger partial charge >= 0.3 is 0 Å². The molecule has 1 amide bonds. The number of pyridine rings is 1. The third-order valence-corrected chi connectivity index (χ3v) is 8.27. The number of rotatable bonds is 5. The molecule has 3 aliphatic rings. The van der Waals surface area contributed by atoms with E-state index in [1.165, 1.54) is 5.56 Å². The molecule has 1 aromatic carbocycles. The molecule has 2 atom stereocenters. The Morgan fingerprint density at radius 3 is 2.67 bits per heavy atom. The zero-order valence-corrected chi connectivity index (χ0v) is 22.6. The molecular weight excluding hydrogens is 511 g/mol. The van der Waals surface area contributed by atoms with Gasteiger partial charge < -0.3 is 19.5 Å². The highest BCUT2D eigenvalue weighted by atomic mass is 19.1. The number of likely N-dealkylation sites (tertiary alicyclic amines) is 2. The average molecular weight is 545 g/mol. The number of fused-ring (bicyclic) bond motifs is 1. The number of carbonyl (C=O) groups is 1. The van der Waals surface area contributed by atoms with Gasteiger partial charge in [-0.05, 0) is 45.0 Å². The van der Waals surface area contributed by atoms with Crippen LogP contribution in [0.3, 0.4) is 0 Å². The lowest BCUT2D eigenvalue weighted by atomic mass is 9.98. The standard InChI is InChI=1S/C29H33FN8O2/c1-19-4-2-5-20(16-19)22-6-11-38(34-22)25-17-24(36-12-14-40-15-13-36)26-27(31-25)33-28(32-26)29(39)37-10-7-23(21(30)18-37)35-8-3-9-35/h2,4-6,11,16-17,21,23H,3,7-10,12-15,18H2,1H3,(H,31,32,33). The number of morpholine rings is 1. The van der Waals surface area contributed by atoms with Gasteiger partial charge in [-0.2, -0.15) is 5.10 Å². The average Bonchev–Trinajstić information content (AvgIpc) is 3.61. The number of alkyl halides is 1. The summed E-state index contributed by atoms with van der Waals surface area (Å²) in [6, 6.07) is 12.1. The monoisotopic (exact) mass is 544 g/mol. The van der Waals surface area contributed by atoms with E-state index in [9.17, 15) is 4.79 Å². The van der Waals surface area contributed by atoms with E-state index in [0.29, 0.717) is 56.3 Å². The Morgan fingerprint density at radius 1 is 1.07 bits per heavy atom. The second kappa shape index (κ2) is 10.3. The molecular formula is C29H33FN8O2. The Labute approximate surface area is 231 Å². The van der Waals surface area contributed by atoms with Crippen LogP contribution >= 0.6 is 0 Å². The van der Waals surface area contributed by atoms with E-state index in [0.717, 1.165) is 36.5 Å². The maximum atomic E-state index is 15.0. The van der Waals surface area contributed by atoms with Crippen LogP contribution in [0.1, 0.15) is 29.0 Å². The fraction of sp³-hybridized carbons (Fsp3) is 0.448. The number of H-pyrrole nitrogens is 1. The maximum absolute atomic E-state index is 15.0. The molecule has 40 heavy (non-hydrogen) atoms. The number of benzene rings is 1. The second-order valence-corrected chi connectivity index (χ2v) is 10.9. The molecule has 1 N–H and O–H groups in total. The summed E-state index contributed by atoms with van der Waals surface area (Å²) in [6.45, 7) is 7.18. The van der Waals surface area contributed by atoms with Crippen molar-refractivity contribution in [2.75, 3.05) is 57.4 Å².